The standard InChI is InChI=1S/C9H14N2O5S/c1-2-16-7(12)3-10-9(15)11-5-17-4-6(11)8(13)14/h6H,2-5H2,1H3,(H,10,15)(H,13,14). The van der Waals surface area contributed by atoms with E-state index in [9.17, 15) is 14.4 Å². The Morgan fingerprint density at radius 3 is 2.82 bits per heavy atom. The van der Waals surface area contributed by atoms with Crippen LogP contribution in [0.15, 0.2) is 0 Å². The van der Waals surface area contributed by atoms with Gasteiger partial charge in [-0.1, -0.05) is 0 Å². The first-order valence-corrected chi connectivity index (χ1v) is 6.22. The number of nitrogens with zero attached hydrogens (tertiary/aromatic N) is 1. The lowest BCUT2D eigenvalue weighted by molar-refractivity contribution is -0.141. The number of hydrogen-bond donors (Lipinski definition) is 2. The summed E-state index contributed by atoms with van der Waals surface area (Å²) in [5.74, 6) is -0.908. The summed E-state index contributed by atoms with van der Waals surface area (Å²) >= 11 is 1.36. The van der Waals surface area contributed by atoms with Gasteiger partial charge in [-0.3, -0.25) is 4.79 Å². The molecule has 96 valence electrons. The maximum atomic E-state index is 11.6. The van der Waals surface area contributed by atoms with E-state index in [1.807, 2.05) is 0 Å². The Labute approximate surface area is 102 Å². The first-order valence-electron chi connectivity index (χ1n) is 5.07. The molecule has 1 heterocycles. The van der Waals surface area contributed by atoms with E-state index in [0.717, 1.165) is 0 Å². The Kier molecular flexibility index (Phi) is 5.08. The molecular formula is C9H14N2O5S. The number of esters is 1. The zero-order chi connectivity index (χ0) is 12.8. The van der Waals surface area contributed by atoms with Crippen LogP contribution < -0.4 is 5.32 Å². The van der Waals surface area contributed by atoms with Crippen LogP contribution in [0.1, 0.15) is 6.92 Å². The maximum Gasteiger partial charge on any atom is 0.327 e. The van der Waals surface area contributed by atoms with Gasteiger partial charge in [-0.25, -0.2) is 9.59 Å². The highest BCUT2D eigenvalue weighted by molar-refractivity contribution is 7.99. The third-order valence-corrected chi connectivity index (χ3v) is 3.13. The van der Waals surface area contributed by atoms with Gasteiger partial charge in [0, 0.05) is 5.75 Å². The van der Waals surface area contributed by atoms with Gasteiger partial charge in [0.15, 0.2) is 0 Å². The number of rotatable bonds is 4. The van der Waals surface area contributed by atoms with Gasteiger partial charge in [-0.05, 0) is 6.92 Å². The van der Waals surface area contributed by atoms with E-state index in [1.165, 1.54) is 16.7 Å². The minimum absolute atomic E-state index is 0.242. The Balaban J connectivity index is 2.42. The van der Waals surface area contributed by atoms with Crippen molar-refractivity contribution in [3.8, 4) is 0 Å². The average molecular weight is 262 g/mol. The molecule has 1 fully saturated rings. The van der Waals surface area contributed by atoms with Crippen LogP contribution >= 0.6 is 11.8 Å². The molecule has 0 bridgehead atoms. The van der Waals surface area contributed by atoms with Crippen molar-refractivity contribution in [3.63, 3.8) is 0 Å². The minimum atomic E-state index is -1.04. The normalized spacial score (nSPS) is 18.9. The van der Waals surface area contributed by atoms with Crippen LogP contribution in [0.25, 0.3) is 0 Å². The molecule has 1 atom stereocenters. The molecule has 0 saturated carbocycles. The average Bonchev–Trinajstić information content (AvgIpc) is 2.75. The summed E-state index contributed by atoms with van der Waals surface area (Å²) in [6.45, 7) is 1.66. The molecule has 0 aromatic carbocycles. The zero-order valence-corrected chi connectivity index (χ0v) is 10.2. The fourth-order valence-corrected chi connectivity index (χ4v) is 2.45. The van der Waals surface area contributed by atoms with Gasteiger partial charge >= 0.3 is 18.0 Å². The number of nitrogens with one attached hydrogen (secondary N) is 1. The van der Waals surface area contributed by atoms with E-state index in [-0.39, 0.29) is 13.2 Å². The summed E-state index contributed by atoms with van der Waals surface area (Å²) in [4.78, 5) is 34.6. The second-order valence-corrected chi connectivity index (χ2v) is 4.29. The topological polar surface area (TPSA) is 95.9 Å². The van der Waals surface area contributed by atoms with Crippen molar-refractivity contribution in [2.45, 2.75) is 13.0 Å². The summed E-state index contributed by atoms with van der Waals surface area (Å²) in [6.07, 6.45) is 0. The molecular weight excluding hydrogens is 248 g/mol. The van der Waals surface area contributed by atoms with Gasteiger partial charge < -0.3 is 20.1 Å². The van der Waals surface area contributed by atoms with Crippen LogP contribution in [0.5, 0.6) is 0 Å². The number of carboxylic acid groups (broad SMARTS) is 1. The van der Waals surface area contributed by atoms with Gasteiger partial charge in [0.25, 0.3) is 0 Å². The molecule has 0 aromatic heterocycles. The number of aliphatic carboxylic acids is 1. The molecule has 7 nitrogen and oxygen atoms in total. The van der Waals surface area contributed by atoms with Gasteiger partial charge in [0.1, 0.15) is 12.6 Å². The number of amides is 2. The predicted octanol–water partition coefficient (Wildman–Crippen LogP) is -0.281. The van der Waals surface area contributed by atoms with Crippen molar-refractivity contribution in [2.24, 2.45) is 0 Å². The Hall–Kier alpha value is -1.44. The first-order chi connectivity index (χ1) is 8.06. The minimum Gasteiger partial charge on any atom is -0.480 e. The lowest BCUT2D eigenvalue weighted by atomic mass is 10.3. The van der Waals surface area contributed by atoms with Crippen molar-refractivity contribution in [1.29, 1.82) is 0 Å². The van der Waals surface area contributed by atoms with Crippen molar-refractivity contribution >= 4 is 29.7 Å². The maximum absolute atomic E-state index is 11.6. The highest BCUT2D eigenvalue weighted by Crippen LogP contribution is 2.20. The monoisotopic (exact) mass is 262 g/mol. The molecule has 1 unspecified atom stereocenters. The molecule has 0 radical (unpaired) electrons. The van der Waals surface area contributed by atoms with E-state index < -0.39 is 24.0 Å². The van der Waals surface area contributed by atoms with Crippen molar-refractivity contribution in [3.05, 3.63) is 0 Å². The van der Waals surface area contributed by atoms with E-state index in [4.69, 9.17) is 5.11 Å². The van der Waals surface area contributed by atoms with Gasteiger partial charge in [-0.2, -0.15) is 0 Å². The smallest absolute Gasteiger partial charge is 0.327 e. The Morgan fingerprint density at radius 2 is 2.24 bits per heavy atom. The fraction of sp³-hybridized carbons (Fsp3) is 0.667. The third kappa shape index (κ3) is 3.81. The van der Waals surface area contributed by atoms with Gasteiger partial charge in [-0.15, -0.1) is 11.8 Å². The molecule has 1 rings (SSSR count). The molecule has 1 aliphatic heterocycles. The molecule has 0 aromatic rings. The van der Waals surface area contributed by atoms with Crippen LogP contribution in [0.3, 0.4) is 0 Å². The Bertz CT molecular complexity index is 323. The van der Waals surface area contributed by atoms with E-state index in [2.05, 4.69) is 10.1 Å². The van der Waals surface area contributed by atoms with E-state index in [0.29, 0.717) is 11.6 Å². The highest BCUT2D eigenvalue weighted by Gasteiger charge is 2.34. The zero-order valence-electron chi connectivity index (χ0n) is 9.34. The lowest BCUT2D eigenvalue weighted by Crippen LogP contribution is -2.48. The van der Waals surface area contributed by atoms with Gasteiger partial charge in [0.2, 0.25) is 0 Å². The van der Waals surface area contributed by atoms with E-state index in [1.54, 1.807) is 6.92 Å². The lowest BCUT2D eigenvalue weighted by Gasteiger charge is -2.20. The quantitative estimate of drug-likeness (QED) is 0.676. The van der Waals surface area contributed by atoms with Crippen LogP contribution in [-0.2, 0) is 14.3 Å². The number of thioether (sulfide) groups is 1. The molecule has 2 amide bonds. The van der Waals surface area contributed by atoms with E-state index >= 15 is 0 Å². The number of carbonyl (C=O) groups excluding carboxylic acids is 2. The van der Waals surface area contributed by atoms with Crippen LogP contribution in [-0.4, -0.2) is 58.8 Å². The van der Waals surface area contributed by atoms with Crippen LogP contribution in [0, 0.1) is 0 Å². The molecule has 0 spiro atoms. The number of ether oxygens (including phenoxy) is 1. The second-order valence-electron chi connectivity index (χ2n) is 3.29. The molecule has 1 aliphatic rings. The second kappa shape index (κ2) is 6.33. The van der Waals surface area contributed by atoms with Gasteiger partial charge in [0.05, 0.1) is 12.5 Å². The van der Waals surface area contributed by atoms with Crippen molar-refractivity contribution in [1.82, 2.24) is 10.2 Å². The summed E-state index contributed by atoms with van der Waals surface area (Å²) in [5, 5.41) is 11.2. The fourth-order valence-electron chi connectivity index (χ4n) is 1.31. The SMILES string of the molecule is CCOC(=O)CNC(=O)N1CSCC1C(=O)O. The summed E-state index contributed by atoms with van der Waals surface area (Å²) < 4.78 is 4.64. The first kappa shape index (κ1) is 13.6. The third-order valence-electron chi connectivity index (χ3n) is 2.12. The summed E-state index contributed by atoms with van der Waals surface area (Å²) in [6, 6.07) is -1.39. The summed E-state index contributed by atoms with van der Waals surface area (Å²) in [7, 11) is 0. The highest BCUT2D eigenvalue weighted by atomic mass is 32.2. The van der Waals surface area contributed by atoms with Crippen molar-refractivity contribution < 1.29 is 24.2 Å². The predicted molar refractivity (Wildman–Crippen MR) is 60.6 cm³/mol. The largest absolute Gasteiger partial charge is 0.480 e. The molecule has 1 saturated heterocycles. The number of urea groups is 1. The molecule has 2 N–H and O–H groups in total. The molecule has 0 aliphatic carbocycles. The number of carboxylic acids is 1. The van der Waals surface area contributed by atoms with Crippen LogP contribution in [0.2, 0.25) is 0 Å². The molecule has 8 heteroatoms. The Morgan fingerprint density at radius 1 is 1.53 bits per heavy atom. The number of carbonyl (C=O) groups is 3. The summed E-state index contributed by atoms with van der Waals surface area (Å²) in [5.41, 5.74) is 0. The van der Waals surface area contributed by atoms with Crippen LogP contribution in [0.4, 0.5) is 4.79 Å². The number of hydrogen-bond acceptors (Lipinski definition) is 5. The van der Waals surface area contributed by atoms with Crippen molar-refractivity contribution in [2.75, 3.05) is 24.8 Å². The molecule has 17 heavy (non-hydrogen) atoms.